The quantitative estimate of drug-likeness (QED) is 0.923. The Kier molecular flexibility index (Phi) is 3.58. The first-order chi connectivity index (χ1) is 10.5. The number of aromatic nitrogens is 1. The van der Waals surface area contributed by atoms with Gasteiger partial charge in [0.05, 0.1) is 11.4 Å². The van der Waals surface area contributed by atoms with E-state index in [0.717, 1.165) is 5.69 Å². The molecule has 0 fully saturated rings. The Labute approximate surface area is 131 Å². The average molecular weight is 317 g/mol. The molecule has 1 aliphatic rings. The molecule has 2 aromatic rings. The van der Waals surface area contributed by atoms with Gasteiger partial charge in [-0.1, -0.05) is 0 Å². The van der Waals surface area contributed by atoms with Crippen molar-refractivity contribution in [2.75, 3.05) is 17.3 Å². The summed E-state index contributed by atoms with van der Waals surface area (Å²) in [5.74, 6) is 0.161. The number of hydrogen-bond acceptors (Lipinski definition) is 5. The molecule has 1 atom stereocenters. The molecular weight excluding hydrogens is 302 g/mol. The Bertz CT molecular complexity index is 756. The van der Waals surface area contributed by atoms with Gasteiger partial charge in [0.2, 0.25) is 0 Å². The Morgan fingerprint density at radius 3 is 2.91 bits per heavy atom. The molecule has 0 aliphatic carbocycles. The van der Waals surface area contributed by atoms with Gasteiger partial charge in [-0.25, -0.2) is 4.98 Å². The molecule has 0 saturated heterocycles. The third-order valence-corrected chi connectivity index (χ3v) is 4.28. The second kappa shape index (κ2) is 5.42. The lowest BCUT2D eigenvalue weighted by molar-refractivity contribution is -0.125. The van der Waals surface area contributed by atoms with Crippen LogP contribution >= 0.6 is 11.3 Å². The number of rotatable bonds is 2. The molecule has 22 heavy (non-hydrogen) atoms. The molecule has 3 rings (SSSR count). The maximum absolute atomic E-state index is 12.3. The van der Waals surface area contributed by atoms with Crippen LogP contribution in [0.25, 0.3) is 0 Å². The number of anilines is 2. The van der Waals surface area contributed by atoms with Crippen LogP contribution in [0.2, 0.25) is 0 Å². The van der Waals surface area contributed by atoms with Crippen LogP contribution in [0.15, 0.2) is 23.6 Å². The average Bonchev–Trinajstić information content (AvgIpc) is 2.89. The first kappa shape index (κ1) is 14.5. The lowest BCUT2D eigenvalue weighted by Crippen LogP contribution is -2.42. The maximum atomic E-state index is 12.3. The number of ether oxygens (including phenoxy) is 1. The number of carbonyl (C=O) groups is 2. The van der Waals surface area contributed by atoms with Crippen LogP contribution in [0.5, 0.6) is 5.75 Å². The summed E-state index contributed by atoms with van der Waals surface area (Å²) in [7, 11) is 1.69. The summed E-state index contributed by atoms with van der Waals surface area (Å²) < 4.78 is 5.58. The van der Waals surface area contributed by atoms with E-state index in [9.17, 15) is 9.59 Å². The lowest BCUT2D eigenvalue weighted by atomic mass is 10.1. The van der Waals surface area contributed by atoms with Crippen LogP contribution in [0, 0.1) is 6.92 Å². The topological polar surface area (TPSA) is 71.5 Å². The molecule has 114 valence electrons. The van der Waals surface area contributed by atoms with E-state index in [4.69, 9.17) is 4.74 Å². The van der Waals surface area contributed by atoms with Crippen molar-refractivity contribution in [3.05, 3.63) is 34.8 Å². The molecule has 1 aromatic heterocycles. The number of carbonyl (C=O) groups excluding carboxylic acids is 2. The van der Waals surface area contributed by atoms with E-state index in [1.807, 2.05) is 12.3 Å². The SMILES string of the molecule is Cc1csc(NC(=O)c2ccc3c(c2)OC(C)C(=O)N3C)n1. The molecule has 0 bridgehead atoms. The predicted octanol–water partition coefficient (Wildman–Crippen LogP) is 2.45. The first-order valence-corrected chi connectivity index (χ1v) is 7.65. The fourth-order valence-electron chi connectivity index (χ4n) is 2.24. The molecule has 6 nitrogen and oxygen atoms in total. The van der Waals surface area contributed by atoms with E-state index in [-0.39, 0.29) is 11.8 Å². The Morgan fingerprint density at radius 2 is 2.23 bits per heavy atom. The molecule has 0 radical (unpaired) electrons. The van der Waals surface area contributed by atoms with Crippen LogP contribution in [-0.2, 0) is 4.79 Å². The smallest absolute Gasteiger partial charge is 0.267 e. The summed E-state index contributed by atoms with van der Waals surface area (Å²) in [5.41, 5.74) is 1.98. The lowest BCUT2D eigenvalue weighted by Gasteiger charge is -2.30. The highest BCUT2D eigenvalue weighted by Gasteiger charge is 2.29. The van der Waals surface area contributed by atoms with Gasteiger partial charge in [-0.05, 0) is 32.0 Å². The summed E-state index contributed by atoms with van der Waals surface area (Å²) in [6.45, 7) is 3.56. The van der Waals surface area contributed by atoms with Crippen molar-refractivity contribution in [2.45, 2.75) is 20.0 Å². The second-order valence-electron chi connectivity index (χ2n) is 5.09. The molecule has 0 saturated carbocycles. The number of aryl methyl sites for hydroxylation is 1. The number of likely N-dealkylation sites (N-methyl/N-ethyl adjacent to an activating group) is 1. The van der Waals surface area contributed by atoms with Gasteiger partial charge >= 0.3 is 0 Å². The number of nitrogens with zero attached hydrogens (tertiary/aromatic N) is 2. The van der Waals surface area contributed by atoms with Crippen LogP contribution in [-0.4, -0.2) is 29.9 Å². The molecule has 7 heteroatoms. The van der Waals surface area contributed by atoms with Crippen molar-refractivity contribution >= 4 is 34.0 Å². The third-order valence-electron chi connectivity index (χ3n) is 3.40. The standard InChI is InChI=1S/C15H15N3O3S/c1-8-7-22-15(16-8)17-13(19)10-4-5-11-12(6-10)21-9(2)14(20)18(11)3/h4-7,9H,1-3H3,(H,16,17,19). The second-order valence-corrected chi connectivity index (χ2v) is 5.95. The number of benzene rings is 1. The van der Waals surface area contributed by atoms with Crippen LogP contribution < -0.4 is 15.0 Å². The molecule has 0 spiro atoms. The summed E-state index contributed by atoms with van der Waals surface area (Å²) in [5, 5.41) is 5.18. The molecule has 1 unspecified atom stereocenters. The highest BCUT2D eigenvalue weighted by molar-refractivity contribution is 7.13. The fraction of sp³-hybridized carbons (Fsp3) is 0.267. The van der Waals surface area contributed by atoms with E-state index >= 15 is 0 Å². The predicted molar refractivity (Wildman–Crippen MR) is 84.7 cm³/mol. The number of hydrogen-bond donors (Lipinski definition) is 1. The maximum Gasteiger partial charge on any atom is 0.267 e. The monoisotopic (exact) mass is 317 g/mol. The van der Waals surface area contributed by atoms with Gasteiger partial charge in [0, 0.05) is 18.0 Å². The van der Waals surface area contributed by atoms with Crippen LogP contribution in [0.3, 0.4) is 0 Å². The van der Waals surface area contributed by atoms with Gasteiger partial charge in [0.25, 0.3) is 11.8 Å². The Balaban J connectivity index is 1.86. The molecule has 1 N–H and O–H groups in total. The zero-order valence-corrected chi connectivity index (χ0v) is 13.2. The van der Waals surface area contributed by atoms with Crippen LogP contribution in [0.1, 0.15) is 23.0 Å². The molecule has 1 aliphatic heterocycles. The Hall–Kier alpha value is -2.41. The number of nitrogens with one attached hydrogen (secondary N) is 1. The highest BCUT2D eigenvalue weighted by Crippen LogP contribution is 2.34. The zero-order chi connectivity index (χ0) is 15.9. The number of fused-ring (bicyclic) bond motifs is 1. The van der Waals surface area contributed by atoms with Gasteiger partial charge in [-0.2, -0.15) is 0 Å². The van der Waals surface area contributed by atoms with Gasteiger partial charge in [-0.3, -0.25) is 14.9 Å². The van der Waals surface area contributed by atoms with Crippen molar-refractivity contribution in [1.82, 2.24) is 4.98 Å². The summed E-state index contributed by atoms with van der Waals surface area (Å²) >= 11 is 1.38. The molecule has 2 heterocycles. The van der Waals surface area contributed by atoms with Crippen molar-refractivity contribution in [2.24, 2.45) is 0 Å². The van der Waals surface area contributed by atoms with Crippen molar-refractivity contribution in [1.29, 1.82) is 0 Å². The molecule has 1 aromatic carbocycles. The molecular formula is C15H15N3O3S. The minimum Gasteiger partial charge on any atom is -0.479 e. The largest absolute Gasteiger partial charge is 0.479 e. The van der Waals surface area contributed by atoms with E-state index in [2.05, 4.69) is 10.3 Å². The van der Waals surface area contributed by atoms with Crippen molar-refractivity contribution in [3.8, 4) is 5.75 Å². The van der Waals surface area contributed by atoms with Crippen molar-refractivity contribution < 1.29 is 14.3 Å². The summed E-state index contributed by atoms with van der Waals surface area (Å²) in [6.07, 6.45) is -0.558. The Morgan fingerprint density at radius 1 is 1.45 bits per heavy atom. The summed E-state index contributed by atoms with van der Waals surface area (Å²) in [6, 6.07) is 5.02. The number of thiazole rings is 1. The minimum absolute atomic E-state index is 0.108. The van der Waals surface area contributed by atoms with Gasteiger partial charge in [-0.15, -0.1) is 11.3 Å². The fourth-order valence-corrected chi connectivity index (χ4v) is 2.92. The number of amides is 2. The van der Waals surface area contributed by atoms with E-state index in [0.29, 0.717) is 22.1 Å². The molecule has 2 amide bonds. The third kappa shape index (κ3) is 2.55. The van der Waals surface area contributed by atoms with Crippen molar-refractivity contribution in [3.63, 3.8) is 0 Å². The first-order valence-electron chi connectivity index (χ1n) is 6.77. The minimum atomic E-state index is -0.558. The van der Waals surface area contributed by atoms with E-state index in [1.165, 1.54) is 16.2 Å². The normalized spacial score (nSPS) is 17.0. The highest BCUT2D eigenvalue weighted by atomic mass is 32.1. The van der Waals surface area contributed by atoms with Gasteiger partial charge < -0.3 is 9.64 Å². The zero-order valence-electron chi connectivity index (χ0n) is 12.4. The van der Waals surface area contributed by atoms with Gasteiger partial charge in [0.1, 0.15) is 5.75 Å². The summed E-state index contributed by atoms with van der Waals surface area (Å²) in [4.78, 5) is 29.9. The van der Waals surface area contributed by atoms with Crippen LogP contribution in [0.4, 0.5) is 10.8 Å². The van der Waals surface area contributed by atoms with E-state index < -0.39 is 6.10 Å². The van der Waals surface area contributed by atoms with E-state index in [1.54, 1.807) is 32.2 Å². The van der Waals surface area contributed by atoms with Gasteiger partial charge in [0.15, 0.2) is 11.2 Å².